The molecule has 1 saturated heterocycles. The Morgan fingerprint density at radius 3 is 2.35 bits per heavy atom. The van der Waals surface area contributed by atoms with E-state index in [0.717, 1.165) is 17.7 Å². The van der Waals surface area contributed by atoms with E-state index in [1.165, 1.54) is 12.1 Å². The topological polar surface area (TPSA) is 37.4 Å². The molecule has 134 valence electrons. The second-order valence-electron chi connectivity index (χ2n) is 6.33. The SMILES string of the molecule is O=C(c1ccc(F)cc1F)C1CCN(C(=O)C=Cc2ccccc2)CC1. The Labute approximate surface area is 150 Å². The molecule has 5 heteroatoms. The zero-order valence-electron chi connectivity index (χ0n) is 14.2. The number of carbonyl (C=O) groups excluding carboxylic acids is 2. The predicted molar refractivity (Wildman–Crippen MR) is 95.5 cm³/mol. The maximum atomic E-state index is 13.8. The first-order chi connectivity index (χ1) is 12.5. The van der Waals surface area contributed by atoms with Gasteiger partial charge in [-0.1, -0.05) is 30.3 Å². The van der Waals surface area contributed by atoms with E-state index in [-0.39, 0.29) is 23.2 Å². The average Bonchev–Trinajstić information content (AvgIpc) is 2.66. The Bertz CT molecular complexity index is 825. The van der Waals surface area contributed by atoms with Gasteiger partial charge in [0.15, 0.2) is 5.78 Å². The fraction of sp³-hybridized carbons (Fsp3) is 0.238. The molecule has 0 aliphatic carbocycles. The number of ketones is 1. The van der Waals surface area contributed by atoms with Crippen LogP contribution in [-0.2, 0) is 4.79 Å². The van der Waals surface area contributed by atoms with E-state index in [1.807, 2.05) is 30.3 Å². The van der Waals surface area contributed by atoms with E-state index in [0.29, 0.717) is 25.9 Å². The minimum absolute atomic E-state index is 0.0832. The molecule has 3 nitrogen and oxygen atoms in total. The van der Waals surface area contributed by atoms with Crippen LogP contribution in [0.15, 0.2) is 54.6 Å². The molecule has 1 aliphatic heterocycles. The molecule has 0 unspecified atom stereocenters. The third-order valence-corrected chi connectivity index (χ3v) is 4.59. The van der Waals surface area contributed by atoms with Crippen molar-refractivity contribution in [1.29, 1.82) is 0 Å². The first-order valence-electron chi connectivity index (χ1n) is 8.56. The zero-order valence-corrected chi connectivity index (χ0v) is 14.2. The Morgan fingerprint density at radius 2 is 1.69 bits per heavy atom. The van der Waals surface area contributed by atoms with Crippen molar-refractivity contribution in [2.75, 3.05) is 13.1 Å². The number of nitrogens with zero attached hydrogens (tertiary/aromatic N) is 1. The molecule has 0 atom stereocenters. The summed E-state index contributed by atoms with van der Waals surface area (Å²) in [4.78, 5) is 26.4. The fourth-order valence-corrected chi connectivity index (χ4v) is 3.11. The largest absolute Gasteiger partial charge is 0.339 e. The molecule has 0 aromatic heterocycles. The van der Waals surface area contributed by atoms with E-state index < -0.39 is 11.6 Å². The van der Waals surface area contributed by atoms with Gasteiger partial charge in [0.1, 0.15) is 11.6 Å². The average molecular weight is 355 g/mol. The summed E-state index contributed by atoms with van der Waals surface area (Å²) in [5.41, 5.74) is 0.859. The number of hydrogen-bond acceptors (Lipinski definition) is 2. The van der Waals surface area contributed by atoms with Crippen LogP contribution in [0.3, 0.4) is 0 Å². The number of Topliss-reactive ketones (excluding diaryl/α,β-unsaturated/α-hetero) is 1. The molecule has 1 heterocycles. The zero-order chi connectivity index (χ0) is 18.5. The van der Waals surface area contributed by atoms with E-state index >= 15 is 0 Å². The van der Waals surface area contributed by atoms with Gasteiger partial charge in [0.05, 0.1) is 5.56 Å². The van der Waals surface area contributed by atoms with Gasteiger partial charge in [0.25, 0.3) is 0 Å². The minimum atomic E-state index is -0.834. The summed E-state index contributed by atoms with van der Waals surface area (Å²) < 4.78 is 26.8. The number of amides is 1. The number of rotatable bonds is 4. The molecule has 0 bridgehead atoms. The Morgan fingerprint density at radius 1 is 1.00 bits per heavy atom. The molecule has 0 saturated carbocycles. The second-order valence-corrected chi connectivity index (χ2v) is 6.33. The van der Waals surface area contributed by atoms with Crippen molar-refractivity contribution < 1.29 is 18.4 Å². The summed E-state index contributed by atoms with van der Waals surface area (Å²) in [6.45, 7) is 0.883. The summed E-state index contributed by atoms with van der Waals surface area (Å²) in [5, 5.41) is 0. The molecule has 3 rings (SSSR count). The highest BCUT2D eigenvalue weighted by Crippen LogP contribution is 2.23. The molecular formula is C21H19F2NO2. The second kappa shape index (κ2) is 8.04. The van der Waals surface area contributed by atoms with Gasteiger partial charge in [-0.2, -0.15) is 0 Å². The minimum Gasteiger partial charge on any atom is -0.339 e. The number of piperidine rings is 1. The lowest BCUT2D eigenvalue weighted by molar-refractivity contribution is -0.127. The molecule has 26 heavy (non-hydrogen) atoms. The van der Waals surface area contributed by atoms with Gasteiger partial charge in [-0.25, -0.2) is 8.78 Å². The van der Waals surface area contributed by atoms with Crippen molar-refractivity contribution in [3.8, 4) is 0 Å². The molecule has 2 aromatic carbocycles. The first-order valence-corrected chi connectivity index (χ1v) is 8.56. The van der Waals surface area contributed by atoms with Crippen molar-refractivity contribution in [2.45, 2.75) is 12.8 Å². The van der Waals surface area contributed by atoms with Crippen molar-refractivity contribution in [3.63, 3.8) is 0 Å². The quantitative estimate of drug-likeness (QED) is 0.612. The van der Waals surface area contributed by atoms with Crippen molar-refractivity contribution in [2.24, 2.45) is 5.92 Å². The van der Waals surface area contributed by atoms with Gasteiger partial charge in [0, 0.05) is 31.1 Å². The predicted octanol–water partition coefficient (Wildman–Crippen LogP) is 4.10. The fourth-order valence-electron chi connectivity index (χ4n) is 3.11. The third kappa shape index (κ3) is 4.23. The Hall–Kier alpha value is -2.82. The summed E-state index contributed by atoms with van der Waals surface area (Å²) in [6.07, 6.45) is 4.23. The van der Waals surface area contributed by atoms with Gasteiger partial charge in [-0.3, -0.25) is 9.59 Å². The number of halogens is 2. The van der Waals surface area contributed by atoms with Crippen LogP contribution in [0, 0.1) is 17.6 Å². The lowest BCUT2D eigenvalue weighted by Gasteiger charge is -2.30. The van der Waals surface area contributed by atoms with Gasteiger partial charge >= 0.3 is 0 Å². The lowest BCUT2D eigenvalue weighted by atomic mass is 9.88. The van der Waals surface area contributed by atoms with E-state index in [4.69, 9.17) is 0 Å². The molecule has 0 spiro atoms. The van der Waals surface area contributed by atoms with Gasteiger partial charge in [-0.05, 0) is 36.6 Å². The molecule has 1 fully saturated rings. The van der Waals surface area contributed by atoms with E-state index in [2.05, 4.69) is 0 Å². The Balaban J connectivity index is 1.57. The van der Waals surface area contributed by atoms with Crippen LogP contribution in [0.1, 0.15) is 28.8 Å². The molecule has 2 aromatic rings. The smallest absolute Gasteiger partial charge is 0.246 e. The normalized spacial score (nSPS) is 15.4. The maximum absolute atomic E-state index is 13.8. The highest BCUT2D eigenvalue weighted by Gasteiger charge is 2.28. The van der Waals surface area contributed by atoms with Crippen LogP contribution in [0.2, 0.25) is 0 Å². The van der Waals surface area contributed by atoms with Crippen molar-refractivity contribution >= 4 is 17.8 Å². The van der Waals surface area contributed by atoms with Gasteiger partial charge < -0.3 is 4.90 Å². The standard InChI is InChI=1S/C21H19F2NO2/c22-17-7-8-18(19(23)14-17)21(26)16-10-12-24(13-11-16)20(25)9-6-15-4-2-1-3-5-15/h1-9,14,16H,10-13H2. The number of likely N-dealkylation sites (tertiary alicyclic amines) is 1. The first kappa shape index (κ1) is 18.0. The summed E-state index contributed by atoms with van der Waals surface area (Å²) in [5.74, 6) is -2.32. The third-order valence-electron chi connectivity index (χ3n) is 4.59. The summed E-state index contributed by atoms with van der Waals surface area (Å²) in [6, 6.07) is 12.5. The number of hydrogen-bond donors (Lipinski definition) is 0. The highest BCUT2D eigenvalue weighted by atomic mass is 19.1. The van der Waals surface area contributed by atoms with Gasteiger partial charge in [0.2, 0.25) is 5.91 Å². The van der Waals surface area contributed by atoms with Crippen molar-refractivity contribution in [1.82, 2.24) is 4.90 Å². The van der Waals surface area contributed by atoms with Crippen LogP contribution in [0.5, 0.6) is 0 Å². The molecular weight excluding hydrogens is 336 g/mol. The molecule has 0 N–H and O–H groups in total. The van der Waals surface area contributed by atoms with Crippen LogP contribution < -0.4 is 0 Å². The Kier molecular flexibility index (Phi) is 5.56. The van der Waals surface area contributed by atoms with Crippen LogP contribution >= 0.6 is 0 Å². The maximum Gasteiger partial charge on any atom is 0.246 e. The van der Waals surface area contributed by atoms with Crippen LogP contribution in [-0.4, -0.2) is 29.7 Å². The van der Waals surface area contributed by atoms with Crippen LogP contribution in [0.4, 0.5) is 8.78 Å². The lowest BCUT2D eigenvalue weighted by Crippen LogP contribution is -2.39. The number of carbonyl (C=O) groups is 2. The molecule has 1 amide bonds. The van der Waals surface area contributed by atoms with Gasteiger partial charge in [-0.15, -0.1) is 0 Å². The van der Waals surface area contributed by atoms with E-state index in [9.17, 15) is 18.4 Å². The van der Waals surface area contributed by atoms with E-state index in [1.54, 1.807) is 11.0 Å². The highest BCUT2D eigenvalue weighted by molar-refractivity contribution is 5.98. The summed E-state index contributed by atoms with van der Waals surface area (Å²) in [7, 11) is 0. The summed E-state index contributed by atoms with van der Waals surface area (Å²) >= 11 is 0. The van der Waals surface area contributed by atoms with Crippen LogP contribution in [0.25, 0.3) is 6.08 Å². The van der Waals surface area contributed by atoms with Crippen molar-refractivity contribution in [3.05, 3.63) is 77.4 Å². The molecule has 1 aliphatic rings. The molecule has 0 radical (unpaired) electrons. The number of benzene rings is 2. The monoisotopic (exact) mass is 355 g/mol.